The van der Waals surface area contributed by atoms with Gasteiger partial charge in [-0.15, -0.1) is 0 Å². The minimum Gasteiger partial charge on any atom is -0.385 e. The molecule has 1 aromatic heterocycles. The molecule has 3 heteroatoms. The Morgan fingerprint density at radius 2 is 2.27 bits per heavy atom. The van der Waals surface area contributed by atoms with Crippen molar-refractivity contribution in [2.45, 2.75) is 25.8 Å². The lowest BCUT2D eigenvalue weighted by Gasteiger charge is -2.04. The van der Waals surface area contributed by atoms with Gasteiger partial charge >= 0.3 is 0 Å². The summed E-state index contributed by atoms with van der Waals surface area (Å²) in [5.41, 5.74) is 1.24. The molecule has 0 saturated heterocycles. The van der Waals surface area contributed by atoms with E-state index in [0.717, 1.165) is 26.1 Å². The number of methoxy groups -OCH3 is 1. The number of aromatic nitrogens is 1. The number of ether oxygens (including phenoxy) is 1. The lowest BCUT2D eigenvalue weighted by Crippen LogP contribution is -2.14. The molecule has 0 saturated carbocycles. The molecule has 1 aromatic rings. The first-order chi connectivity index (χ1) is 7.43. The van der Waals surface area contributed by atoms with Gasteiger partial charge in [0.25, 0.3) is 0 Å². The lowest BCUT2D eigenvalue weighted by atomic mass is 10.2. The van der Waals surface area contributed by atoms with Crippen molar-refractivity contribution in [1.82, 2.24) is 10.3 Å². The van der Waals surface area contributed by atoms with Gasteiger partial charge in [0.2, 0.25) is 0 Å². The molecule has 0 amide bonds. The maximum absolute atomic E-state index is 4.99. The van der Waals surface area contributed by atoms with Gasteiger partial charge in [0, 0.05) is 32.7 Å². The van der Waals surface area contributed by atoms with Crippen molar-refractivity contribution < 1.29 is 4.74 Å². The summed E-state index contributed by atoms with van der Waals surface area (Å²) in [6.45, 7) is 2.86. The third kappa shape index (κ3) is 6.20. The van der Waals surface area contributed by atoms with E-state index in [4.69, 9.17) is 4.74 Å². The number of unbranched alkanes of at least 4 members (excludes halogenated alkanes) is 2. The molecule has 1 heterocycles. The molecule has 1 rings (SSSR count). The fraction of sp³-hybridized carbons (Fsp3) is 0.583. The summed E-state index contributed by atoms with van der Waals surface area (Å²) in [7, 11) is 1.75. The van der Waals surface area contributed by atoms with Crippen LogP contribution in [0.4, 0.5) is 0 Å². The lowest BCUT2D eigenvalue weighted by molar-refractivity contribution is 0.192. The molecule has 1 N–H and O–H groups in total. The quantitative estimate of drug-likeness (QED) is 0.663. The number of pyridine rings is 1. The molecule has 15 heavy (non-hydrogen) atoms. The van der Waals surface area contributed by atoms with Gasteiger partial charge in [0.1, 0.15) is 0 Å². The van der Waals surface area contributed by atoms with E-state index in [1.807, 2.05) is 12.3 Å². The molecule has 0 spiro atoms. The third-order valence-electron chi connectivity index (χ3n) is 2.25. The van der Waals surface area contributed by atoms with E-state index in [9.17, 15) is 0 Å². The van der Waals surface area contributed by atoms with Gasteiger partial charge in [-0.2, -0.15) is 0 Å². The van der Waals surface area contributed by atoms with Crippen LogP contribution >= 0.6 is 0 Å². The van der Waals surface area contributed by atoms with Crippen molar-refractivity contribution >= 4 is 0 Å². The minimum absolute atomic E-state index is 0.878. The van der Waals surface area contributed by atoms with E-state index in [-0.39, 0.29) is 0 Å². The van der Waals surface area contributed by atoms with Gasteiger partial charge in [0.15, 0.2) is 0 Å². The van der Waals surface area contributed by atoms with Crippen molar-refractivity contribution in [3.63, 3.8) is 0 Å². The molecular formula is C12H20N2O. The molecule has 0 radical (unpaired) electrons. The first kappa shape index (κ1) is 12.1. The van der Waals surface area contributed by atoms with Crippen LogP contribution in [0.2, 0.25) is 0 Å². The van der Waals surface area contributed by atoms with E-state index in [1.54, 1.807) is 13.3 Å². The van der Waals surface area contributed by atoms with Crippen LogP contribution in [0, 0.1) is 0 Å². The summed E-state index contributed by atoms with van der Waals surface area (Å²) in [4.78, 5) is 4.07. The average Bonchev–Trinajstić information content (AvgIpc) is 2.29. The molecule has 0 atom stereocenters. The highest BCUT2D eigenvalue weighted by Crippen LogP contribution is 1.96. The molecular weight excluding hydrogens is 188 g/mol. The molecule has 0 aliphatic carbocycles. The monoisotopic (exact) mass is 208 g/mol. The maximum atomic E-state index is 4.99. The van der Waals surface area contributed by atoms with E-state index in [0.29, 0.717) is 0 Å². The van der Waals surface area contributed by atoms with Crippen LogP contribution in [0.3, 0.4) is 0 Å². The molecule has 0 aliphatic heterocycles. The van der Waals surface area contributed by atoms with E-state index in [1.165, 1.54) is 18.4 Å². The number of rotatable bonds is 8. The summed E-state index contributed by atoms with van der Waals surface area (Å²) in [6.07, 6.45) is 7.30. The molecule has 3 nitrogen and oxygen atoms in total. The highest BCUT2D eigenvalue weighted by molar-refractivity contribution is 5.07. The minimum atomic E-state index is 0.878. The Labute approximate surface area is 91.9 Å². The Morgan fingerprint density at radius 1 is 1.33 bits per heavy atom. The largest absolute Gasteiger partial charge is 0.385 e. The van der Waals surface area contributed by atoms with E-state index >= 15 is 0 Å². The number of hydrogen-bond donors (Lipinski definition) is 1. The SMILES string of the molecule is COCCCCCNCc1cccnc1. The molecule has 0 unspecified atom stereocenters. The number of nitrogens with one attached hydrogen (secondary N) is 1. The smallest absolute Gasteiger partial charge is 0.0462 e. The first-order valence-corrected chi connectivity index (χ1v) is 5.52. The fourth-order valence-corrected chi connectivity index (χ4v) is 1.41. The highest BCUT2D eigenvalue weighted by Gasteiger charge is 1.92. The van der Waals surface area contributed by atoms with Crippen molar-refractivity contribution in [2.75, 3.05) is 20.3 Å². The maximum Gasteiger partial charge on any atom is 0.0462 e. The Balaban J connectivity index is 1.93. The Morgan fingerprint density at radius 3 is 3.00 bits per heavy atom. The predicted octanol–water partition coefficient (Wildman–Crippen LogP) is 1.99. The van der Waals surface area contributed by atoms with Crippen LogP contribution in [-0.4, -0.2) is 25.2 Å². The predicted molar refractivity (Wildman–Crippen MR) is 61.7 cm³/mol. The van der Waals surface area contributed by atoms with Crippen LogP contribution in [0.25, 0.3) is 0 Å². The van der Waals surface area contributed by atoms with Crippen LogP contribution in [0.1, 0.15) is 24.8 Å². The number of nitrogens with zero attached hydrogens (tertiary/aromatic N) is 1. The summed E-state index contributed by atoms with van der Waals surface area (Å²) in [5, 5.41) is 3.40. The topological polar surface area (TPSA) is 34.1 Å². The second-order valence-corrected chi connectivity index (χ2v) is 3.59. The second kappa shape index (κ2) is 8.38. The average molecular weight is 208 g/mol. The third-order valence-corrected chi connectivity index (χ3v) is 2.25. The van der Waals surface area contributed by atoms with E-state index < -0.39 is 0 Å². The zero-order valence-corrected chi connectivity index (χ0v) is 9.41. The molecule has 0 bridgehead atoms. The molecule has 84 valence electrons. The van der Waals surface area contributed by atoms with Crippen LogP contribution in [0.5, 0.6) is 0 Å². The first-order valence-electron chi connectivity index (χ1n) is 5.52. The summed E-state index contributed by atoms with van der Waals surface area (Å²) >= 11 is 0. The van der Waals surface area contributed by atoms with Gasteiger partial charge in [-0.1, -0.05) is 6.07 Å². The zero-order valence-electron chi connectivity index (χ0n) is 9.41. The van der Waals surface area contributed by atoms with E-state index in [2.05, 4.69) is 16.4 Å². The zero-order chi connectivity index (χ0) is 10.8. The number of hydrogen-bond acceptors (Lipinski definition) is 3. The molecule has 0 fully saturated rings. The highest BCUT2D eigenvalue weighted by atomic mass is 16.5. The van der Waals surface area contributed by atoms with Crippen LogP contribution in [-0.2, 0) is 11.3 Å². The van der Waals surface area contributed by atoms with Crippen molar-refractivity contribution in [3.05, 3.63) is 30.1 Å². The summed E-state index contributed by atoms with van der Waals surface area (Å²) < 4.78 is 4.99. The van der Waals surface area contributed by atoms with Crippen LogP contribution < -0.4 is 5.32 Å². The van der Waals surface area contributed by atoms with Gasteiger partial charge in [0.05, 0.1) is 0 Å². The van der Waals surface area contributed by atoms with Gasteiger partial charge in [-0.05, 0) is 37.4 Å². The fourth-order valence-electron chi connectivity index (χ4n) is 1.41. The standard InChI is InChI=1S/C12H20N2O/c1-15-9-4-2-3-7-13-10-12-6-5-8-14-11-12/h5-6,8,11,13H,2-4,7,9-10H2,1H3. The Hall–Kier alpha value is -0.930. The van der Waals surface area contributed by atoms with Crippen molar-refractivity contribution in [1.29, 1.82) is 0 Å². The van der Waals surface area contributed by atoms with Gasteiger partial charge in [-0.3, -0.25) is 4.98 Å². The van der Waals surface area contributed by atoms with Crippen molar-refractivity contribution in [3.8, 4) is 0 Å². The summed E-state index contributed by atoms with van der Waals surface area (Å²) in [5.74, 6) is 0. The second-order valence-electron chi connectivity index (χ2n) is 3.59. The molecule has 0 aliphatic rings. The van der Waals surface area contributed by atoms with Gasteiger partial charge in [-0.25, -0.2) is 0 Å². The van der Waals surface area contributed by atoms with Crippen LogP contribution in [0.15, 0.2) is 24.5 Å². The van der Waals surface area contributed by atoms with Crippen molar-refractivity contribution in [2.24, 2.45) is 0 Å². The normalized spacial score (nSPS) is 10.5. The van der Waals surface area contributed by atoms with Gasteiger partial charge < -0.3 is 10.1 Å². The Kier molecular flexibility index (Phi) is 6.79. The Bertz CT molecular complexity index is 239. The molecule has 0 aromatic carbocycles. The summed E-state index contributed by atoms with van der Waals surface area (Å²) in [6, 6.07) is 4.06.